The number of aromatic nitrogens is 1. The predicted molar refractivity (Wildman–Crippen MR) is 80.6 cm³/mol. The number of hydrogen-bond donors (Lipinski definition) is 0. The summed E-state index contributed by atoms with van der Waals surface area (Å²) in [6, 6.07) is 0. The lowest BCUT2D eigenvalue weighted by molar-refractivity contribution is -0.0246. The Morgan fingerprint density at radius 3 is 2.55 bits per heavy atom. The van der Waals surface area contributed by atoms with Crippen molar-refractivity contribution in [1.82, 2.24) is 4.37 Å². The first-order chi connectivity index (χ1) is 9.27. The molecule has 0 spiro atoms. The molecule has 3 unspecified atom stereocenters. The van der Waals surface area contributed by atoms with E-state index in [-0.39, 0.29) is 27.7 Å². The van der Waals surface area contributed by atoms with E-state index in [2.05, 4.69) is 25.1 Å². The van der Waals surface area contributed by atoms with Crippen LogP contribution >= 0.6 is 34.7 Å². The number of carbonyl (C=O) groups is 1. The molecule has 1 heterocycles. The fourth-order valence-corrected chi connectivity index (χ4v) is 4.86. The summed E-state index contributed by atoms with van der Waals surface area (Å²) in [6.07, 6.45) is 3.21. The molecule has 0 aliphatic heterocycles. The number of hydrogen-bond acceptors (Lipinski definition) is 4. The summed E-state index contributed by atoms with van der Waals surface area (Å²) < 4.78 is 10.0. The van der Waals surface area contributed by atoms with Crippen LogP contribution in [0.2, 0.25) is 9.36 Å². The van der Waals surface area contributed by atoms with E-state index in [0.29, 0.717) is 10.3 Å². The highest BCUT2D eigenvalue weighted by Gasteiger charge is 2.63. The van der Waals surface area contributed by atoms with Gasteiger partial charge in [0.1, 0.15) is 15.5 Å². The van der Waals surface area contributed by atoms with Crippen LogP contribution in [0.3, 0.4) is 0 Å². The lowest BCUT2D eigenvalue weighted by Crippen LogP contribution is -2.38. The van der Waals surface area contributed by atoms with E-state index in [0.717, 1.165) is 24.4 Å². The number of nitrogens with zero attached hydrogens (tertiary/aromatic N) is 1. The standard InChI is InChI=1S/C14H17Cl2NO2S/c1-13(2)7-4-5-14(13,3)8(6-7)19-12(18)10-9(15)11(16)20-17-10/h7-8H,4-6H2,1-3H3. The van der Waals surface area contributed by atoms with Crippen LogP contribution in [0.25, 0.3) is 0 Å². The fourth-order valence-electron chi connectivity index (χ4n) is 3.88. The Morgan fingerprint density at radius 2 is 2.10 bits per heavy atom. The van der Waals surface area contributed by atoms with E-state index in [9.17, 15) is 4.79 Å². The number of ether oxygens (including phenoxy) is 1. The number of halogens is 2. The van der Waals surface area contributed by atoms with Crippen molar-refractivity contribution in [2.75, 3.05) is 0 Å². The second kappa shape index (κ2) is 4.59. The van der Waals surface area contributed by atoms with Gasteiger partial charge in [-0.3, -0.25) is 0 Å². The summed E-state index contributed by atoms with van der Waals surface area (Å²) in [5.41, 5.74) is 0.395. The van der Waals surface area contributed by atoms with Crippen LogP contribution in [-0.2, 0) is 4.74 Å². The van der Waals surface area contributed by atoms with Crippen molar-refractivity contribution >= 4 is 40.7 Å². The van der Waals surface area contributed by atoms with Gasteiger partial charge in [0.25, 0.3) is 0 Å². The van der Waals surface area contributed by atoms with E-state index in [1.54, 1.807) is 0 Å². The maximum absolute atomic E-state index is 12.2. The molecule has 0 N–H and O–H groups in total. The summed E-state index contributed by atoms with van der Waals surface area (Å²) in [5, 5.41) is 0.203. The van der Waals surface area contributed by atoms with Crippen LogP contribution in [0.1, 0.15) is 50.5 Å². The van der Waals surface area contributed by atoms with Gasteiger partial charge >= 0.3 is 5.97 Å². The SMILES string of the molecule is CC1(C)C2CCC1(C)C(OC(=O)c1nsc(Cl)c1Cl)C2. The minimum absolute atomic E-state index is 0.0413. The van der Waals surface area contributed by atoms with E-state index in [1.807, 2.05) is 0 Å². The van der Waals surface area contributed by atoms with Gasteiger partial charge in [0.15, 0.2) is 5.69 Å². The predicted octanol–water partition coefficient (Wildman–Crippen LogP) is 4.82. The first-order valence-corrected chi connectivity index (χ1v) is 8.32. The van der Waals surface area contributed by atoms with Gasteiger partial charge in [-0.15, -0.1) is 0 Å². The highest BCUT2D eigenvalue weighted by molar-refractivity contribution is 7.11. The second-order valence-electron chi connectivity index (χ2n) is 6.62. The van der Waals surface area contributed by atoms with Gasteiger partial charge in [0.2, 0.25) is 0 Å². The average molecular weight is 334 g/mol. The Kier molecular flexibility index (Phi) is 3.35. The molecule has 3 atom stereocenters. The van der Waals surface area contributed by atoms with Crippen molar-refractivity contribution in [2.45, 2.75) is 46.1 Å². The molecule has 2 aliphatic rings. The summed E-state index contributed by atoms with van der Waals surface area (Å²) in [6.45, 7) is 6.80. The first-order valence-electron chi connectivity index (χ1n) is 6.79. The fraction of sp³-hybridized carbons (Fsp3) is 0.714. The van der Waals surface area contributed by atoms with Crippen LogP contribution in [0.15, 0.2) is 0 Å². The van der Waals surface area contributed by atoms with Crippen LogP contribution < -0.4 is 0 Å². The molecule has 2 bridgehead atoms. The van der Waals surface area contributed by atoms with Gasteiger partial charge < -0.3 is 4.74 Å². The summed E-state index contributed by atoms with van der Waals surface area (Å²) in [4.78, 5) is 12.2. The van der Waals surface area contributed by atoms with Crippen molar-refractivity contribution in [2.24, 2.45) is 16.7 Å². The normalized spacial score (nSPS) is 34.5. The van der Waals surface area contributed by atoms with Crippen molar-refractivity contribution in [3.63, 3.8) is 0 Å². The summed E-state index contributed by atoms with van der Waals surface area (Å²) in [7, 11) is 0. The van der Waals surface area contributed by atoms with Gasteiger partial charge in [-0.25, -0.2) is 4.79 Å². The average Bonchev–Trinajstić information content (AvgIpc) is 2.88. The minimum Gasteiger partial charge on any atom is -0.457 e. The van der Waals surface area contributed by atoms with Crippen LogP contribution in [0.4, 0.5) is 0 Å². The monoisotopic (exact) mass is 333 g/mol. The quantitative estimate of drug-likeness (QED) is 0.728. The minimum atomic E-state index is -0.451. The van der Waals surface area contributed by atoms with Gasteiger partial charge in [-0.1, -0.05) is 44.0 Å². The Morgan fingerprint density at radius 1 is 1.40 bits per heavy atom. The molecule has 110 valence electrons. The Labute approximate surface area is 132 Å². The van der Waals surface area contributed by atoms with E-state index < -0.39 is 5.97 Å². The first kappa shape index (κ1) is 14.6. The molecule has 1 aromatic rings. The third-order valence-electron chi connectivity index (χ3n) is 5.75. The second-order valence-corrected chi connectivity index (χ2v) is 8.38. The third kappa shape index (κ3) is 1.84. The largest absolute Gasteiger partial charge is 0.457 e. The molecule has 0 amide bonds. The van der Waals surface area contributed by atoms with Gasteiger partial charge in [-0.05, 0) is 42.1 Å². The van der Waals surface area contributed by atoms with Crippen molar-refractivity contribution < 1.29 is 9.53 Å². The number of fused-ring (bicyclic) bond motifs is 2. The molecule has 6 heteroatoms. The van der Waals surface area contributed by atoms with Crippen molar-refractivity contribution in [3.8, 4) is 0 Å². The van der Waals surface area contributed by atoms with Gasteiger partial charge in [0.05, 0.1) is 0 Å². The van der Waals surface area contributed by atoms with E-state index in [1.165, 1.54) is 6.42 Å². The molecule has 0 saturated heterocycles. The Balaban J connectivity index is 1.80. The topological polar surface area (TPSA) is 39.2 Å². The molecular weight excluding hydrogens is 317 g/mol. The van der Waals surface area contributed by atoms with Crippen molar-refractivity contribution in [1.29, 1.82) is 0 Å². The molecule has 1 aromatic heterocycles. The van der Waals surface area contributed by atoms with E-state index >= 15 is 0 Å². The lowest BCUT2D eigenvalue weighted by atomic mass is 9.70. The van der Waals surface area contributed by atoms with E-state index in [4.69, 9.17) is 27.9 Å². The molecule has 0 radical (unpaired) electrons. The highest BCUT2D eigenvalue weighted by Crippen LogP contribution is 2.66. The number of esters is 1. The molecule has 2 fully saturated rings. The van der Waals surface area contributed by atoms with Crippen molar-refractivity contribution in [3.05, 3.63) is 15.1 Å². The van der Waals surface area contributed by atoms with Crippen LogP contribution in [0.5, 0.6) is 0 Å². The molecule has 20 heavy (non-hydrogen) atoms. The number of carbonyl (C=O) groups excluding carboxylic acids is 1. The Bertz CT molecular complexity index is 572. The summed E-state index contributed by atoms with van der Waals surface area (Å²) >= 11 is 12.8. The third-order valence-corrected chi connectivity index (χ3v) is 7.37. The Hall–Kier alpha value is -0.320. The maximum atomic E-state index is 12.2. The number of rotatable bonds is 2. The zero-order valence-electron chi connectivity index (χ0n) is 11.7. The van der Waals surface area contributed by atoms with Gasteiger partial charge in [0, 0.05) is 5.41 Å². The molecule has 3 rings (SSSR count). The zero-order valence-corrected chi connectivity index (χ0v) is 14.0. The van der Waals surface area contributed by atoms with Crippen LogP contribution in [-0.4, -0.2) is 16.4 Å². The van der Waals surface area contributed by atoms with Gasteiger partial charge in [-0.2, -0.15) is 4.37 Å². The smallest absolute Gasteiger partial charge is 0.359 e. The van der Waals surface area contributed by atoms with Crippen LogP contribution in [0, 0.1) is 16.7 Å². The lowest BCUT2D eigenvalue weighted by Gasteiger charge is -2.38. The summed E-state index contributed by atoms with van der Waals surface area (Å²) in [5.74, 6) is 0.174. The molecule has 2 saturated carbocycles. The molecular formula is C14H17Cl2NO2S. The molecule has 0 aromatic carbocycles. The zero-order chi connectivity index (χ0) is 14.7. The maximum Gasteiger partial charge on any atom is 0.359 e. The molecule has 2 aliphatic carbocycles. The highest BCUT2D eigenvalue weighted by atomic mass is 35.5. The molecule has 3 nitrogen and oxygen atoms in total.